The van der Waals surface area contributed by atoms with Crippen LogP contribution in [0.2, 0.25) is 0 Å². The van der Waals surface area contributed by atoms with Crippen LogP contribution >= 0.6 is 0 Å². The van der Waals surface area contributed by atoms with Gasteiger partial charge in [-0.15, -0.1) is 0 Å². The Balaban J connectivity index is -0.000000240. The van der Waals surface area contributed by atoms with Crippen molar-refractivity contribution in [1.82, 2.24) is 0 Å². The molecule has 10 heteroatoms. The molecule has 0 bridgehead atoms. The van der Waals surface area contributed by atoms with Crippen molar-refractivity contribution in [2.24, 2.45) is 0 Å². The van der Waals surface area contributed by atoms with E-state index >= 15 is 0 Å². The molecule has 0 rings (SSSR count). The van der Waals surface area contributed by atoms with Crippen molar-refractivity contribution in [2.75, 3.05) is 0 Å². The second kappa shape index (κ2) is 6.26. The van der Waals surface area contributed by atoms with Gasteiger partial charge in [-0.1, -0.05) is 0 Å². The van der Waals surface area contributed by atoms with E-state index in [1.165, 1.54) is 0 Å². The number of nitrogens with zero attached hydrogens (tertiary/aromatic N) is 6. The molecule has 0 saturated heterocycles. The molecule has 0 aliphatic carbocycles. The molecule has 0 unspecified atom stereocenters. The summed E-state index contributed by atoms with van der Waals surface area (Å²) in [6.07, 6.45) is 0. The van der Waals surface area contributed by atoms with Crippen LogP contribution in [0.25, 0.3) is 0 Å². The predicted octanol–water partition coefficient (Wildman–Crippen LogP) is -2.90. The third kappa shape index (κ3) is 2.41. The molecule has 0 saturated carbocycles. The standard InChI is InChI=1S/6CN.Co.Fe.Na.Ni/c6*1-2;;;;/q;;;;;;+2;-4;+1;+2. The van der Waals surface area contributed by atoms with Crippen LogP contribution in [-0.4, -0.2) is 0 Å². The molecule has 0 aliphatic rings. The summed E-state index contributed by atoms with van der Waals surface area (Å²) in [7, 11) is -6.17. The molecule has 0 aromatic heterocycles. The van der Waals surface area contributed by atoms with Gasteiger partial charge in [0.1, 0.15) is 0 Å². The molecule has 0 N–H and O–H groups in total. The summed E-state index contributed by atoms with van der Waals surface area (Å²) in [4.78, 5) is 6.19. The molecular weight excluding hydrogens is 353 g/mol. The molecule has 81 valence electrons. The first kappa shape index (κ1) is 24.6. The third-order valence-electron chi connectivity index (χ3n) is 1.19. The van der Waals surface area contributed by atoms with Crippen molar-refractivity contribution in [1.29, 1.82) is 31.6 Å². The summed E-state index contributed by atoms with van der Waals surface area (Å²) in [6.45, 7) is 0. The van der Waals surface area contributed by atoms with Crippen LogP contribution in [0.5, 0.6) is 0 Å². The first-order chi connectivity index (χ1) is 5.97. The number of hydrogen-bond donors (Lipinski definition) is 0. The molecule has 0 aromatic rings. The van der Waals surface area contributed by atoms with E-state index in [0.717, 1.165) is 29.8 Å². The van der Waals surface area contributed by atoms with Crippen molar-refractivity contribution >= 4 is 0 Å². The summed E-state index contributed by atoms with van der Waals surface area (Å²) in [5.41, 5.74) is 0. The van der Waals surface area contributed by atoms with Crippen molar-refractivity contribution in [3.05, 3.63) is 0 Å². The van der Waals surface area contributed by atoms with Gasteiger partial charge in [-0.05, 0) is 0 Å². The fourth-order valence-corrected chi connectivity index (χ4v) is 1.09. The second-order valence-electron chi connectivity index (χ2n) is 1.80. The molecule has 16 heavy (non-hydrogen) atoms. The molecule has 0 amide bonds. The maximum atomic E-state index is 8.58. The summed E-state index contributed by atoms with van der Waals surface area (Å²) >= 11 is 0. The molecular formula is C6CoFeN6NaNi+. The van der Waals surface area contributed by atoms with E-state index < -0.39 is 10.7 Å². The topological polar surface area (TPSA) is 143 Å². The Labute approximate surface area is 133 Å². The first-order valence-electron chi connectivity index (χ1n) is 2.40. The normalized spacial score (nSPS) is 10.9. The molecule has 0 fully saturated rings. The average molecular weight is 353 g/mol. The molecule has 0 atom stereocenters. The SMILES string of the molecule is N#[C][Fe-4]([C]#N)([C]#N)([C]#N)([C]#N)[C]#N.[Co+2].[Na+].[Ni+2]. The summed E-state index contributed by atoms with van der Waals surface area (Å²) in [6, 6.07) is 0. The van der Waals surface area contributed by atoms with Gasteiger partial charge in [0.15, 0.2) is 0 Å². The van der Waals surface area contributed by atoms with Gasteiger partial charge in [0.25, 0.3) is 0 Å². The quantitative estimate of drug-likeness (QED) is 0.428. The van der Waals surface area contributed by atoms with Gasteiger partial charge in [0.2, 0.25) is 0 Å². The summed E-state index contributed by atoms with van der Waals surface area (Å²) in [5.74, 6) is 0. The molecule has 0 spiro atoms. The second-order valence-corrected chi connectivity index (χ2v) is 7.42. The third-order valence-corrected chi connectivity index (χ3v) is 4.89. The minimum atomic E-state index is -6.17. The Morgan fingerprint density at radius 1 is 0.562 bits per heavy atom. The van der Waals surface area contributed by atoms with Crippen LogP contribution in [-0.2, 0) is 44.0 Å². The van der Waals surface area contributed by atoms with Crippen molar-refractivity contribution in [2.45, 2.75) is 0 Å². The van der Waals surface area contributed by atoms with Gasteiger partial charge in [-0.2, -0.15) is 0 Å². The number of rotatable bonds is 0. The molecule has 0 aromatic carbocycles. The van der Waals surface area contributed by atoms with E-state index in [1.807, 2.05) is 0 Å². The van der Waals surface area contributed by atoms with Gasteiger partial charge in [0.05, 0.1) is 0 Å². The van der Waals surface area contributed by atoms with E-state index in [-0.39, 0.29) is 62.8 Å². The Hall–Kier alpha value is -0.541. The predicted molar refractivity (Wildman–Crippen MR) is 33.7 cm³/mol. The fourth-order valence-electron chi connectivity index (χ4n) is 0.265. The zero-order valence-electron chi connectivity index (χ0n) is 7.69. The van der Waals surface area contributed by atoms with Crippen LogP contribution in [0.3, 0.4) is 0 Å². The van der Waals surface area contributed by atoms with Crippen molar-refractivity contribution in [3.8, 4) is 29.8 Å². The molecule has 6 nitrogen and oxygen atoms in total. The maximum Gasteiger partial charge on any atom is 2.00 e. The fraction of sp³-hybridized carbons (Fsp3) is 0. The molecule has 1 radical (unpaired) electrons. The minimum Gasteiger partial charge on any atom is 1.00 e. The van der Waals surface area contributed by atoms with Crippen LogP contribution in [0.4, 0.5) is 0 Å². The Kier molecular flexibility index (Phi) is 9.63. The Morgan fingerprint density at radius 3 is 0.688 bits per heavy atom. The summed E-state index contributed by atoms with van der Waals surface area (Å²) < 4.78 is 0. The monoisotopic (exact) mass is 352 g/mol. The van der Waals surface area contributed by atoms with Gasteiger partial charge in [0, 0.05) is 0 Å². The zero-order chi connectivity index (χ0) is 10.7. The first-order valence-corrected chi connectivity index (χ1v) is 5.71. The average Bonchev–Trinajstić information content (AvgIpc) is 2.26. The largest absolute Gasteiger partial charge is 2.00 e. The Morgan fingerprint density at radius 2 is 0.688 bits per heavy atom. The number of nitriles is 6. The van der Waals surface area contributed by atoms with Crippen molar-refractivity contribution < 1.29 is 73.6 Å². The van der Waals surface area contributed by atoms with Crippen LogP contribution in [0.15, 0.2) is 0 Å². The van der Waals surface area contributed by atoms with Gasteiger partial charge >= 0.3 is 135 Å². The van der Waals surface area contributed by atoms with Gasteiger partial charge < -0.3 is 0 Å². The van der Waals surface area contributed by atoms with E-state index in [9.17, 15) is 0 Å². The van der Waals surface area contributed by atoms with Crippen LogP contribution in [0.1, 0.15) is 0 Å². The van der Waals surface area contributed by atoms with E-state index in [4.69, 9.17) is 31.6 Å². The van der Waals surface area contributed by atoms with E-state index in [0.29, 0.717) is 0 Å². The van der Waals surface area contributed by atoms with Gasteiger partial charge in [-0.3, -0.25) is 0 Å². The molecule has 0 aliphatic heterocycles. The minimum absolute atomic E-state index is 0. The Bertz CT molecular complexity index is 403. The van der Waals surface area contributed by atoms with Crippen molar-refractivity contribution in [3.63, 3.8) is 0 Å². The molecule has 0 heterocycles. The van der Waals surface area contributed by atoms with E-state index in [1.54, 1.807) is 0 Å². The van der Waals surface area contributed by atoms with Crippen LogP contribution < -0.4 is 29.6 Å². The number of hydrogen-bond acceptors (Lipinski definition) is 6. The smallest absolute Gasteiger partial charge is 1.00 e. The van der Waals surface area contributed by atoms with Gasteiger partial charge in [-0.25, -0.2) is 0 Å². The summed E-state index contributed by atoms with van der Waals surface area (Å²) in [5, 5.41) is 51.5. The zero-order valence-corrected chi connectivity index (χ0v) is 12.8. The maximum absolute atomic E-state index is 8.58. The van der Waals surface area contributed by atoms with Crippen LogP contribution in [0, 0.1) is 61.4 Å². The van der Waals surface area contributed by atoms with E-state index in [2.05, 4.69) is 0 Å².